The minimum atomic E-state index is 1.29. The Morgan fingerprint density at radius 3 is 1.16 bits per heavy atom. The molecule has 0 saturated carbocycles. The van der Waals surface area contributed by atoms with Gasteiger partial charge >= 0.3 is 0 Å². The van der Waals surface area contributed by atoms with Crippen LogP contribution >= 0.6 is 0 Å². The molecule has 0 N–H and O–H groups in total. The normalized spacial score (nSPS) is 12.4. The fraction of sp³-hybridized carbons (Fsp3) is 0. The number of hydrogen-bond donors (Lipinski definition) is 0. The molecule has 0 heteroatoms. The van der Waals surface area contributed by atoms with Crippen LogP contribution in [-0.2, 0) is 0 Å². The molecular weight excluding hydrogens is 384 g/mol. The maximum absolute atomic E-state index is 2.41. The molecule has 0 unspecified atom stereocenters. The topological polar surface area (TPSA) is 0 Å². The average Bonchev–Trinajstić information content (AvgIpc) is 2.84. The molecule has 0 heterocycles. The van der Waals surface area contributed by atoms with Crippen molar-refractivity contribution in [3.8, 4) is 0 Å². The Balaban J connectivity index is 1.60. The highest BCUT2D eigenvalue weighted by Gasteiger charge is 2.14. The van der Waals surface area contributed by atoms with Crippen molar-refractivity contribution in [3.05, 3.63) is 109 Å². The Kier molecular flexibility index (Phi) is 2.97. The first kappa shape index (κ1) is 16.5. The second-order valence-electron chi connectivity index (χ2n) is 9.02. The van der Waals surface area contributed by atoms with E-state index in [9.17, 15) is 0 Å². The molecule has 0 aliphatic heterocycles. The van der Waals surface area contributed by atoms with E-state index in [1.807, 2.05) is 0 Å². The summed E-state index contributed by atoms with van der Waals surface area (Å²) in [6.45, 7) is 0. The van der Waals surface area contributed by atoms with Gasteiger partial charge in [0.05, 0.1) is 0 Å². The van der Waals surface area contributed by atoms with Gasteiger partial charge in [-0.2, -0.15) is 0 Å². The summed E-state index contributed by atoms with van der Waals surface area (Å²) in [6, 6.07) is 40.8. The standard InChI is InChI=1S/C32H18/c1-2-6-22-14-24-16-26-18-30-28-10-4-8-20-12-11-19-7-3-9-27(31(19)32(20)28)29(30)17-25(26)15-23(24)13-21(22)5-1/h1-18H. The van der Waals surface area contributed by atoms with E-state index in [-0.39, 0.29) is 0 Å². The van der Waals surface area contributed by atoms with Crippen molar-refractivity contribution in [1.29, 1.82) is 0 Å². The van der Waals surface area contributed by atoms with Gasteiger partial charge < -0.3 is 0 Å². The predicted molar refractivity (Wildman–Crippen MR) is 140 cm³/mol. The number of benzene rings is 8. The molecule has 0 aromatic heterocycles. The minimum Gasteiger partial charge on any atom is -0.0616 e. The lowest BCUT2D eigenvalue weighted by atomic mass is 9.88. The lowest BCUT2D eigenvalue weighted by Gasteiger charge is -2.15. The van der Waals surface area contributed by atoms with Gasteiger partial charge in [-0.05, 0) is 112 Å². The zero-order valence-corrected chi connectivity index (χ0v) is 17.4. The zero-order chi connectivity index (χ0) is 20.8. The van der Waals surface area contributed by atoms with E-state index in [1.54, 1.807) is 0 Å². The van der Waals surface area contributed by atoms with Crippen molar-refractivity contribution in [2.24, 2.45) is 0 Å². The Hall–Kier alpha value is -4.16. The van der Waals surface area contributed by atoms with E-state index in [1.165, 1.54) is 75.4 Å². The Bertz CT molecular complexity index is 1880. The van der Waals surface area contributed by atoms with Gasteiger partial charge in [0.2, 0.25) is 0 Å². The van der Waals surface area contributed by atoms with Crippen LogP contribution in [0.3, 0.4) is 0 Å². The molecule has 0 nitrogen and oxygen atoms in total. The molecule has 0 amide bonds. The number of hydrogen-bond acceptors (Lipinski definition) is 0. The highest BCUT2D eigenvalue weighted by Crippen LogP contribution is 2.42. The van der Waals surface area contributed by atoms with Crippen molar-refractivity contribution in [2.75, 3.05) is 0 Å². The summed E-state index contributed by atoms with van der Waals surface area (Å²) >= 11 is 0. The minimum absolute atomic E-state index is 1.29. The monoisotopic (exact) mass is 402 g/mol. The van der Waals surface area contributed by atoms with E-state index < -0.39 is 0 Å². The quantitative estimate of drug-likeness (QED) is 0.175. The Morgan fingerprint density at radius 2 is 0.656 bits per heavy atom. The second kappa shape index (κ2) is 5.75. The highest BCUT2D eigenvalue weighted by molar-refractivity contribution is 6.34. The van der Waals surface area contributed by atoms with Crippen LogP contribution < -0.4 is 0 Å². The van der Waals surface area contributed by atoms with Crippen molar-refractivity contribution < 1.29 is 0 Å². The molecule has 8 rings (SSSR count). The zero-order valence-electron chi connectivity index (χ0n) is 17.4. The van der Waals surface area contributed by atoms with E-state index in [0.717, 1.165) is 0 Å². The summed E-state index contributed by atoms with van der Waals surface area (Å²) in [5.74, 6) is 0. The molecule has 0 aliphatic carbocycles. The van der Waals surface area contributed by atoms with Crippen molar-refractivity contribution in [3.63, 3.8) is 0 Å². The van der Waals surface area contributed by atoms with Gasteiger partial charge in [-0.3, -0.25) is 0 Å². The van der Waals surface area contributed by atoms with Gasteiger partial charge in [0.25, 0.3) is 0 Å². The van der Waals surface area contributed by atoms with Gasteiger partial charge in [-0.1, -0.05) is 72.8 Å². The molecule has 0 radical (unpaired) electrons. The van der Waals surface area contributed by atoms with Gasteiger partial charge in [0.1, 0.15) is 0 Å². The first-order valence-corrected chi connectivity index (χ1v) is 11.2. The van der Waals surface area contributed by atoms with Crippen LogP contribution in [-0.4, -0.2) is 0 Å². The molecule has 146 valence electrons. The first-order valence-electron chi connectivity index (χ1n) is 11.2. The van der Waals surface area contributed by atoms with E-state index >= 15 is 0 Å². The molecule has 0 saturated heterocycles. The molecule has 8 aromatic rings. The maximum Gasteiger partial charge on any atom is -0.00203 e. The van der Waals surface area contributed by atoms with Gasteiger partial charge in [0.15, 0.2) is 0 Å². The maximum atomic E-state index is 2.41. The lowest BCUT2D eigenvalue weighted by Crippen LogP contribution is -1.87. The molecule has 0 aliphatic rings. The van der Waals surface area contributed by atoms with Crippen LogP contribution in [0.4, 0.5) is 0 Å². The lowest BCUT2D eigenvalue weighted by molar-refractivity contribution is 1.79. The molecule has 32 heavy (non-hydrogen) atoms. The molecule has 0 atom stereocenters. The molecule has 0 spiro atoms. The fourth-order valence-electron chi connectivity index (χ4n) is 5.79. The summed E-state index contributed by atoms with van der Waals surface area (Å²) in [7, 11) is 0. The third-order valence-corrected chi connectivity index (χ3v) is 7.26. The van der Waals surface area contributed by atoms with Crippen LogP contribution in [0.5, 0.6) is 0 Å². The number of rotatable bonds is 0. The molecular formula is C32H18. The average molecular weight is 402 g/mol. The second-order valence-corrected chi connectivity index (χ2v) is 9.02. The van der Waals surface area contributed by atoms with Crippen LogP contribution in [0.25, 0.3) is 75.4 Å². The number of fused-ring (bicyclic) bond motifs is 6. The SMILES string of the molecule is c1ccc2cc3cc4cc5c(cc4cc3cc2c1)c1cccc2ccc3cccc5c3c21. The third-order valence-electron chi connectivity index (χ3n) is 7.26. The van der Waals surface area contributed by atoms with Crippen molar-refractivity contribution in [1.82, 2.24) is 0 Å². The summed E-state index contributed by atoms with van der Waals surface area (Å²) in [5, 5.41) is 18.6. The highest BCUT2D eigenvalue weighted by atomic mass is 14.2. The van der Waals surface area contributed by atoms with Crippen molar-refractivity contribution >= 4 is 75.4 Å². The summed E-state index contributed by atoms with van der Waals surface area (Å²) < 4.78 is 0. The third kappa shape index (κ3) is 2.07. The van der Waals surface area contributed by atoms with Gasteiger partial charge in [0, 0.05) is 0 Å². The smallest absolute Gasteiger partial charge is 0.00203 e. The van der Waals surface area contributed by atoms with Gasteiger partial charge in [-0.15, -0.1) is 0 Å². The van der Waals surface area contributed by atoms with E-state index in [2.05, 4.69) is 109 Å². The van der Waals surface area contributed by atoms with E-state index in [0.29, 0.717) is 0 Å². The Morgan fingerprint density at radius 1 is 0.250 bits per heavy atom. The summed E-state index contributed by atoms with van der Waals surface area (Å²) in [4.78, 5) is 0. The van der Waals surface area contributed by atoms with Crippen molar-refractivity contribution in [2.45, 2.75) is 0 Å². The van der Waals surface area contributed by atoms with Crippen LogP contribution in [0, 0.1) is 0 Å². The molecule has 0 fully saturated rings. The molecule has 8 aromatic carbocycles. The van der Waals surface area contributed by atoms with Crippen LogP contribution in [0.15, 0.2) is 109 Å². The van der Waals surface area contributed by atoms with Crippen LogP contribution in [0.1, 0.15) is 0 Å². The summed E-state index contributed by atoms with van der Waals surface area (Å²) in [6.07, 6.45) is 0. The fourth-order valence-corrected chi connectivity index (χ4v) is 5.79. The first-order chi connectivity index (χ1) is 15.8. The Labute approximate surface area is 184 Å². The largest absolute Gasteiger partial charge is 0.0616 e. The molecule has 0 bridgehead atoms. The van der Waals surface area contributed by atoms with Crippen LogP contribution in [0.2, 0.25) is 0 Å². The summed E-state index contributed by atoms with van der Waals surface area (Å²) in [5.41, 5.74) is 0. The predicted octanol–water partition coefficient (Wildman–Crippen LogP) is 9.20. The van der Waals surface area contributed by atoms with Gasteiger partial charge in [-0.25, -0.2) is 0 Å². The van der Waals surface area contributed by atoms with E-state index in [4.69, 9.17) is 0 Å².